The molecule has 0 spiro atoms. The van der Waals surface area contributed by atoms with E-state index in [1.807, 2.05) is 0 Å². The van der Waals surface area contributed by atoms with Gasteiger partial charge in [-0.15, -0.1) is 0 Å². The van der Waals surface area contributed by atoms with Crippen LogP contribution < -0.4 is 0 Å². The molecule has 3 nitrogen and oxygen atoms in total. The van der Waals surface area contributed by atoms with Crippen molar-refractivity contribution in [1.82, 2.24) is 0 Å². The standard InChI is InChI=1S/Fe.3O.Pb.Zn/q+2;3*-2;2*+2. The summed E-state index contributed by atoms with van der Waals surface area (Å²) in [4.78, 5) is 0. The van der Waals surface area contributed by atoms with E-state index in [0.29, 0.717) is 0 Å². The molecule has 0 atom stereocenters. The van der Waals surface area contributed by atoms with Crippen molar-refractivity contribution in [2.75, 3.05) is 0 Å². The molecule has 0 rings (SSSR count). The van der Waals surface area contributed by atoms with E-state index in [2.05, 4.69) is 0 Å². The molecule has 0 aromatic heterocycles. The van der Waals surface area contributed by atoms with Crippen LogP contribution >= 0.6 is 0 Å². The van der Waals surface area contributed by atoms with E-state index in [-0.39, 0.29) is 80.3 Å². The summed E-state index contributed by atoms with van der Waals surface area (Å²) >= 11 is 0. The molecule has 0 unspecified atom stereocenters. The van der Waals surface area contributed by atoms with E-state index < -0.39 is 0 Å². The molecule has 0 aliphatic carbocycles. The summed E-state index contributed by atoms with van der Waals surface area (Å²) < 4.78 is 0. The second-order valence-electron chi connectivity index (χ2n) is 0. The van der Waals surface area contributed by atoms with Gasteiger partial charge >= 0.3 is 63.8 Å². The van der Waals surface area contributed by atoms with Gasteiger partial charge in [0, 0.05) is 0 Å². The second-order valence-corrected chi connectivity index (χ2v) is 0. The molecule has 0 aliphatic rings. The summed E-state index contributed by atoms with van der Waals surface area (Å²) in [6, 6.07) is 0. The first-order chi connectivity index (χ1) is 0. The van der Waals surface area contributed by atoms with E-state index >= 15 is 0 Å². The first kappa shape index (κ1) is 101. The Morgan fingerprint density at radius 1 is 0.667 bits per heavy atom. The summed E-state index contributed by atoms with van der Waals surface area (Å²) in [5.74, 6) is 0. The molecule has 0 fully saturated rings. The van der Waals surface area contributed by atoms with Gasteiger partial charge in [-0.1, -0.05) is 0 Å². The average Bonchev–Trinajstić information content (AvgIpc) is 0. The molecule has 0 N–H and O–H groups in total. The molecule has 0 heterocycles. The SMILES string of the molecule is [Fe+2].[O-2].[O-2].[O-2].[Pb+2].[Zn+2]. The molecule has 6 heavy (non-hydrogen) atoms. The van der Waals surface area contributed by atoms with Crippen molar-refractivity contribution in [2.45, 2.75) is 0 Å². The average molecular weight is 376 g/mol. The molecule has 6 heteroatoms. The van der Waals surface area contributed by atoms with Gasteiger partial charge in [-0.2, -0.15) is 0 Å². The fourth-order valence-electron chi connectivity index (χ4n) is 0. The minimum Gasteiger partial charge on any atom is -2.00 e. The van der Waals surface area contributed by atoms with Crippen molar-refractivity contribution in [3.8, 4) is 0 Å². The number of rotatable bonds is 0. The molecule has 0 aromatic carbocycles. The zero-order valence-corrected chi connectivity index (χ0v) is 10.7. The van der Waals surface area contributed by atoms with Crippen LogP contribution in [0.1, 0.15) is 0 Å². The largest absolute Gasteiger partial charge is 2.00 e. The van der Waals surface area contributed by atoms with Crippen molar-refractivity contribution in [1.29, 1.82) is 0 Å². The quantitative estimate of drug-likeness (QED) is 0.499. The summed E-state index contributed by atoms with van der Waals surface area (Å²) in [6.07, 6.45) is 0. The van der Waals surface area contributed by atoms with Gasteiger partial charge in [0.15, 0.2) is 0 Å². The normalized spacial score (nSPS) is 0. The Morgan fingerprint density at radius 2 is 0.667 bits per heavy atom. The first-order valence-corrected chi connectivity index (χ1v) is 0. The van der Waals surface area contributed by atoms with Gasteiger partial charge in [-0.05, 0) is 0 Å². The van der Waals surface area contributed by atoms with Crippen LogP contribution in [0.2, 0.25) is 0 Å². The maximum Gasteiger partial charge on any atom is 2.00 e. The molecular weight excluding hydrogens is 376 g/mol. The summed E-state index contributed by atoms with van der Waals surface area (Å²) in [6.45, 7) is 0. The van der Waals surface area contributed by atoms with Crippen LogP contribution in [0, 0.1) is 0 Å². The fourth-order valence-corrected chi connectivity index (χ4v) is 0. The molecule has 0 saturated carbocycles. The molecule has 0 amide bonds. The van der Waals surface area contributed by atoms with Crippen molar-refractivity contribution >= 4 is 27.3 Å². The molecular formula is FeO3PbZn. The van der Waals surface area contributed by atoms with Crippen molar-refractivity contribution < 1.29 is 53.0 Å². The number of hydrogen-bond acceptors (Lipinski definition) is 0. The third-order valence-electron chi connectivity index (χ3n) is 0. The van der Waals surface area contributed by atoms with E-state index in [9.17, 15) is 0 Å². The Labute approximate surface area is 79.6 Å². The van der Waals surface area contributed by atoms with E-state index in [1.54, 1.807) is 0 Å². The Kier molecular flexibility index (Phi) is 1100. The summed E-state index contributed by atoms with van der Waals surface area (Å²) in [7, 11) is 0. The maximum absolute atomic E-state index is 0. The van der Waals surface area contributed by atoms with Gasteiger partial charge in [0.2, 0.25) is 0 Å². The van der Waals surface area contributed by atoms with Crippen molar-refractivity contribution in [3.63, 3.8) is 0 Å². The molecule has 0 bridgehead atoms. The van der Waals surface area contributed by atoms with E-state index in [1.165, 1.54) is 0 Å². The zero-order valence-electron chi connectivity index (χ0n) is 2.79. The monoisotopic (exact) mass is 376 g/mol. The molecule has 0 saturated heterocycles. The molecule has 0 aromatic rings. The van der Waals surface area contributed by atoms with Gasteiger partial charge in [0.25, 0.3) is 0 Å². The number of hydrogen-bond donors (Lipinski definition) is 0. The van der Waals surface area contributed by atoms with Crippen LogP contribution in [-0.4, -0.2) is 27.3 Å². The smallest absolute Gasteiger partial charge is 2.00 e. The van der Waals surface area contributed by atoms with Crippen LogP contribution in [0.5, 0.6) is 0 Å². The van der Waals surface area contributed by atoms with Crippen LogP contribution in [0.25, 0.3) is 0 Å². The molecule has 2 radical (unpaired) electrons. The predicted molar refractivity (Wildman–Crippen MR) is 7.81 cm³/mol. The van der Waals surface area contributed by atoms with E-state index in [0.717, 1.165) is 0 Å². The Morgan fingerprint density at radius 3 is 0.667 bits per heavy atom. The Balaban J connectivity index is 0. The van der Waals surface area contributed by atoms with Crippen LogP contribution in [-0.2, 0) is 53.0 Å². The Hall–Kier alpha value is 1.94. The minimum absolute atomic E-state index is 0. The predicted octanol–water partition coefficient (Wildman–Crippen LogP) is -0.742. The van der Waals surface area contributed by atoms with Crippen molar-refractivity contribution in [2.24, 2.45) is 0 Å². The Bertz CT molecular complexity index is 10.8. The zero-order chi connectivity index (χ0) is 0. The van der Waals surface area contributed by atoms with E-state index in [4.69, 9.17) is 0 Å². The van der Waals surface area contributed by atoms with Gasteiger partial charge in [-0.3, -0.25) is 0 Å². The third-order valence-corrected chi connectivity index (χ3v) is 0. The maximum atomic E-state index is 0. The van der Waals surface area contributed by atoms with Gasteiger partial charge < -0.3 is 16.4 Å². The van der Waals surface area contributed by atoms with Crippen molar-refractivity contribution in [3.05, 3.63) is 0 Å². The second kappa shape index (κ2) is 64.9. The molecule has 32 valence electrons. The fraction of sp³-hybridized carbons (Fsp3) is 0. The summed E-state index contributed by atoms with van der Waals surface area (Å²) in [5.41, 5.74) is 0. The van der Waals surface area contributed by atoms with Gasteiger partial charge in [0.05, 0.1) is 0 Å². The first-order valence-electron chi connectivity index (χ1n) is 0. The molecule has 0 aliphatic heterocycles. The topological polar surface area (TPSA) is 85.5 Å². The van der Waals surface area contributed by atoms with Crippen LogP contribution in [0.3, 0.4) is 0 Å². The van der Waals surface area contributed by atoms with Gasteiger partial charge in [0.1, 0.15) is 0 Å². The van der Waals surface area contributed by atoms with Crippen LogP contribution in [0.15, 0.2) is 0 Å². The third kappa shape index (κ3) is 38.4. The minimum atomic E-state index is 0. The summed E-state index contributed by atoms with van der Waals surface area (Å²) in [5, 5.41) is 0. The van der Waals surface area contributed by atoms with Gasteiger partial charge in [-0.25, -0.2) is 0 Å². The van der Waals surface area contributed by atoms with Crippen LogP contribution in [0.4, 0.5) is 0 Å².